The molecule has 1 saturated heterocycles. The quantitative estimate of drug-likeness (QED) is 0.793. The Morgan fingerprint density at radius 2 is 1.79 bits per heavy atom. The number of alkyl halides is 3. The Bertz CT molecular complexity index is 889. The van der Waals surface area contributed by atoms with Crippen molar-refractivity contribution in [2.75, 3.05) is 33.3 Å². The monoisotopic (exact) mass is 407 g/mol. The highest BCUT2D eigenvalue weighted by molar-refractivity contribution is 5.57. The van der Waals surface area contributed by atoms with E-state index in [1.807, 2.05) is 0 Å². The summed E-state index contributed by atoms with van der Waals surface area (Å²) in [7, 11) is 1.41. The minimum atomic E-state index is -4.78. The average molecular weight is 407 g/mol. The molecule has 1 fully saturated rings. The first kappa shape index (κ1) is 20.8. The Balaban J connectivity index is 2.08. The molecule has 1 aliphatic heterocycles. The van der Waals surface area contributed by atoms with Crippen molar-refractivity contribution in [3.05, 3.63) is 53.1 Å². The Labute approximate surface area is 166 Å². The second kappa shape index (κ2) is 8.59. The molecular weight excluding hydrogens is 387 g/mol. The molecule has 1 atom stereocenters. The van der Waals surface area contributed by atoms with Crippen molar-refractivity contribution in [2.24, 2.45) is 0 Å². The number of phenolic OH excluding ortho intramolecular Hbond substituents is 1. The number of benzene rings is 2. The van der Waals surface area contributed by atoms with Gasteiger partial charge in [-0.15, -0.1) is 13.2 Å². The molecule has 0 radical (unpaired) electrons. The summed E-state index contributed by atoms with van der Waals surface area (Å²) in [6.45, 7) is 2.68. The van der Waals surface area contributed by atoms with Crippen LogP contribution in [0, 0.1) is 11.3 Å². The number of nitriles is 1. The van der Waals surface area contributed by atoms with E-state index in [4.69, 9.17) is 4.74 Å². The van der Waals surface area contributed by atoms with E-state index in [9.17, 15) is 23.5 Å². The fraction of sp³-hybridized carbons (Fsp3) is 0.350. The smallest absolute Gasteiger partial charge is 0.504 e. The maximum absolute atomic E-state index is 12.5. The summed E-state index contributed by atoms with van der Waals surface area (Å²) >= 11 is 0. The Kier molecular flexibility index (Phi) is 6.15. The van der Waals surface area contributed by atoms with Crippen LogP contribution in [0.2, 0.25) is 0 Å². The van der Waals surface area contributed by atoms with Crippen LogP contribution in [0.5, 0.6) is 17.2 Å². The van der Waals surface area contributed by atoms with Gasteiger partial charge in [0.2, 0.25) is 0 Å². The lowest BCUT2D eigenvalue weighted by Gasteiger charge is -2.36. The Morgan fingerprint density at radius 3 is 2.34 bits per heavy atom. The number of halogens is 3. The third kappa shape index (κ3) is 4.72. The van der Waals surface area contributed by atoms with Crippen LogP contribution in [0.3, 0.4) is 0 Å². The number of nitrogens with one attached hydrogen (secondary N) is 1. The average Bonchev–Trinajstić information content (AvgIpc) is 2.70. The van der Waals surface area contributed by atoms with Crippen molar-refractivity contribution in [3.8, 4) is 23.3 Å². The maximum atomic E-state index is 12.5. The second-order valence-electron chi connectivity index (χ2n) is 6.49. The molecule has 0 bridgehead atoms. The summed E-state index contributed by atoms with van der Waals surface area (Å²) in [4.78, 5) is 2.06. The molecule has 6 nitrogen and oxygen atoms in total. The molecule has 2 N–H and O–H groups in total. The van der Waals surface area contributed by atoms with Gasteiger partial charge in [-0.3, -0.25) is 4.90 Å². The summed E-state index contributed by atoms with van der Waals surface area (Å²) in [5.74, 6) is -0.280. The fourth-order valence-electron chi connectivity index (χ4n) is 3.48. The van der Waals surface area contributed by atoms with Gasteiger partial charge in [0.15, 0.2) is 11.5 Å². The molecule has 0 aliphatic carbocycles. The number of rotatable bonds is 5. The lowest BCUT2D eigenvalue weighted by Crippen LogP contribution is -2.45. The van der Waals surface area contributed by atoms with E-state index in [1.54, 1.807) is 6.07 Å². The molecule has 1 aliphatic rings. The molecule has 0 spiro atoms. The van der Waals surface area contributed by atoms with E-state index in [-0.39, 0.29) is 22.8 Å². The van der Waals surface area contributed by atoms with E-state index in [1.165, 1.54) is 37.4 Å². The molecule has 154 valence electrons. The lowest BCUT2D eigenvalue weighted by molar-refractivity contribution is -0.274. The number of piperazine rings is 1. The van der Waals surface area contributed by atoms with Gasteiger partial charge in [-0.05, 0) is 29.8 Å². The zero-order chi connectivity index (χ0) is 21.0. The molecule has 3 rings (SSSR count). The van der Waals surface area contributed by atoms with Gasteiger partial charge in [0.1, 0.15) is 5.75 Å². The fourth-order valence-corrected chi connectivity index (χ4v) is 3.48. The van der Waals surface area contributed by atoms with Gasteiger partial charge < -0.3 is 19.9 Å². The number of aromatic hydroxyl groups is 1. The highest BCUT2D eigenvalue weighted by Gasteiger charge is 2.32. The first-order valence-electron chi connectivity index (χ1n) is 8.94. The number of hydrogen-bond donors (Lipinski definition) is 2. The molecule has 29 heavy (non-hydrogen) atoms. The first-order chi connectivity index (χ1) is 13.8. The first-order valence-corrected chi connectivity index (χ1v) is 8.94. The van der Waals surface area contributed by atoms with Crippen molar-refractivity contribution in [3.63, 3.8) is 0 Å². The Hall–Kier alpha value is -2.96. The van der Waals surface area contributed by atoms with Crippen molar-refractivity contribution < 1.29 is 27.8 Å². The van der Waals surface area contributed by atoms with Crippen LogP contribution in [0.4, 0.5) is 13.2 Å². The van der Waals surface area contributed by atoms with Gasteiger partial charge in [0, 0.05) is 31.7 Å². The van der Waals surface area contributed by atoms with Gasteiger partial charge >= 0.3 is 6.36 Å². The second-order valence-corrected chi connectivity index (χ2v) is 6.49. The van der Waals surface area contributed by atoms with E-state index in [2.05, 4.69) is 21.0 Å². The molecule has 0 aromatic heterocycles. The molecule has 1 heterocycles. The molecule has 2 aromatic rings. The standard InChI is InChI=1S/C20H20F3N3O3/c1-28-16-7-4-14(12-24)17(19(16)27)18(26-10-8-25-9-11-26)13-2-5-15(6-3-13)29-20(21,22)23/h2-7,18,25,27H,8-11H2,1H3/t18-/m1/s1. The van der Waals surface area contributed by atoms with Crippen LogP contribution in [0.15, 0.2) is 36.4 Å². The third-order valence-corrected chi connectivity index (χ3v) is 4.74. The third-order valence-electron chi connectivity index (χ3n) is 4.74. The van der Waals surface area contributed by atoms with Gasteiger partial charge in [-0.1, -0.05) is 12.1 Å². The molecule has 0 saturated carbocycles. The lowest BCUT2D eigenvalue weighted by atomic mass is 9.91. The Morgan fingerprint density at radius 1 is 1.14 bits per heavy atom. The highest BCUT2D eigenvalue weighted by atomic mass is 19.4. The predicted molar refractivity (Wildman–Crippen MR) is 98.8 cm³/mol. The topological polar surface area (TPSA) is 77.8 Å². The number of hydrogen-bond acceptors (Lipinski definition) is 6. The molecule has 0 amide bonds. The summed E-state index contributed by atoms with van der Waals surface area (Å²) < 4.78 is 46.6. The van der Waals surface area contributed by atoms with Crippen molar-refractivity contribution in [1.82, 2.24) is 10.2 Å². The summed E-state index contributed by atoms with van der Waals surface area (Å²) in [5.41, 5.74) is 1.25. The SMILES string of the molecule is COc1ccc(C#N)c([C@@H](c2ccc(OC(F)(F)F)cc2)N2CCNCC2)c1O. The number of ether oxygens (including phenoxy) is 2. The summed E-state index contributed by atoms with van der Waals surface area (Å²) in [6.07, 6.45) is -4.78. The van der Waals surface area contributed by atoms with Crippen LogP contribution in [0.25, 0.3) is 0 Å². The van der Waals surface area contributed by atoms with Crippen LogP contribution >= 0.6 is 0 Å². The van der Waals surface area contributed by atoms with Crippen molar-refractivity contribution in [2.45, 2.75) is 12.4 Å². The van der Waals surface area contributed by atoms with E-state index in [0.717, 1.165) is 0 Å². The van der Waals surface area contributed by atoms with Crippen LogP contribution in [0.1, 0.15) is 22.7 Å². The molecule has 0 unspecified atom stereocenters. The van der Waals surface area contributed by atoms with E-state index < -0.39 is 12.4 Å². The van der Waals surface area contributed by atoms with Gasteiger partial charge in [0.25, 0.3) is 0 Å². The minimum absolute atomic E-state index is 0.161. The van der Waals surface area contributed by atoms with E-state index in [0.29, 0.717) is 37.3 Å². The molecule has 9 heteroatoms. The predicted octanol–water partition coefficient (Wildman–Crippen LogP) is 3.17. The van der Waals surface area contributed by atoms with Gasteiger partial charge in [0.05, 0.1) is 24.8 Å². The molecular formula is C20H20F3N3O3. The molecule has 2 aromatic carbocycles. The largest absolute Gasteiger partial charge is 0.573 e. The minimum Gasteiger partial charge on any atom is -0.504 e. The summed E-state index contributed by atoms with van der Waals surface area (Å²) in [6, 6.07) is 10.1. The van der Waals surface area contributed by atoms with E-state index >= 15 is 0 Å². The maximum Gasteiger partial charge on any atom is 0.573 e. The highest BCUT2D eigenvalue weighted by Crippen LogP contribution is 2.42. The van der Waals surface area contributed by atoms with Gasteiger partial charge in [-0.25, -0.2) is 0 Å². The van der Waals surface area contributed by atoms with Crippen molar-refractivity contribution in [1.29, 1.82) is 5.26 Å². The zero-order valence-corrected chi connectivity index (χ0v) is 15.7. The van der Waals surface area contributed by atoms with Crippen LogP contribution in [-0.4, -0.2) is 49.7 Å². The normalized spacial score (nSPS) is 16.1. The number of nitrogens with zero attached hydrogens (tertiary/aromatic N) is 2. The van der Waals surface area contributed by atoms with Crippen molar-refractivity contribution >= 4 is 0 Å². The van der Waals surface area contributed by atoms with Crippen LogP contribution < -0.4 is 14.8 Å². The zero-order valence-electron chi connectivity index (χ0n) is 15.7. The number of methoxy groups -OCH3 is 1. The number of phenols is 1. The van der Waals surface area contributed by atoms with Gasteiger partial charge in [-0.2, -0.15) is 5.26 Å². The van der Waals surface area contributed by atoms with Crippen LogP contribution in [-0.2, 0) is 0 Å². The summed E-state index contributed by atoms with van der Waals surface area (Å²) in [5, 5.41) is 23.6.